The first-order valence-corrected chi connectivity index (χ1v) is 7.21. The van der Waals surface area contributed by atoms with E-state index in [2.05, 4.69) is 40.7 Å². The Labute approximate surface area is 117 Å². The van der Waals surface area contributed by atoms with Gasteiger partial charge < -0.3 is 9.84 Å². The fraction of sp³-hybridized carbons (Fsp3) is 0.647. The first-order chi connectivity index (χ1) is 8.75. The highest BCUT2D eigenvalue weighted by Gasteiger charge is 2.21. The molecule has 0 fully saturated rings. The maximum Gasteiger partial charge on any atom is 0.123 e. The summed E-state index contributed by atoms with van der Waals surface area (Å²) in [5.74, 6) is 1.45. The van der Waals surface area contributed by atoms with E-state index in [4.69, 9.17) is 4.74 Å². The molecule has 1 aromatic rings. The van der Waals surface area contributed by atoms with E-state index < -0.39 is 0 Å². The minimum absolute atomic E-state index is 0.00971. The minimum Gasteiger partial charge on any atom is -0.493 e. The zero-order chi connectivity index (χ0) is 14.6. The van der Waals surface area contributed by atoms with Gasteiger partial charge >= 0.3 is 0 Å². The topological polar surface area (TPSA) is 29.5 Å². The first kappa shape index (κ1) is 16.0. The van der Waals surface area contributed by atoms with Crippen LogP contribution in [0.5, 0.6) is 5.75 Å². The van der Waals surface area contributed by atoms with Gasteiger partial charge in [0.05, 0.1) is 12.7 Å². The van der Waals surface area contributed by atoms with Crippen molar-refractivity contribution in [2.75, 3.05) is 6.61 Å². The number of aliphatic hydroxyl groups is 1. The number of benzene rings is 1. The predicted molar refractivity (Wildman–Crippen MR) is 80.7 cm³/mol. The monoisotopic (exact) mass is 264 g/mol. The Balaban J connectivity index is 3.10. The molecule has 0 aliphatic carbocycles. The summed E-state index contributed by atoms with van der Waals surface area (Å²) in [5.41, 5.74) is 2.15. The molecule has 108 valence electrons. The van der Waals surface area contributed by atoms with E-state index in [0.717, 1.165) is 29.9 Å². The van der Waals surface area contributed by atoms with Crippen LogP contribution >= 0.6 is 0 Å². The molecule has 0 saturated carbocycles. The summed E-state index contributed by atoms with van der Waals surface area (Å²) in [5, 5.41) is 9.99. The number of hydrogen-bond acceptors (Lipinski definition) is 2. The SMILES string of the molecule is CCC(O)c1ccc(OCC(C)C)c(C(C)(C)C)c1. The van der Waals surface area contributed by atoms with Crippen molar-refractivity contribution in [2.24, 2.45) is 5.92 Å². The Morgan fingerprint density at radius 2 is 1.84 bits per heavy atom. The number of hydrogen-bond donors (Lipinski definition) is 1. The van der Waals surface area contributed by atoms with E-state index in [1.54, 1.807) is 0 Å². The molecule has 1 atom stereocenters. The molecule has 0 spiro atoms. The third-order valence-corrected chi connectivity index (χ3v) is 3.16. The van der Waals surface area contributed by atoms with E-state index >= 15 is 0 Å². The van der Waals surface area contributed by atoms with Crippen LogP contribution in [0.4, 0.5) is 0 Å². The summed E-state index contributed by atoms with van der Waals surface area (Å²) in [6.07, 6.45) is 0.343. The van der Waals surface area contributed by atoms with Gasteiger partial charge in [0.25, 0.3) is 0 Å². The molecule has 0 radical (unpaired) electrons. The van der Waals surface area contributed by atoms with Crippen LogP contribution in [0.2, 0.25) is 0 Å². The molecule has 2 nitrogen and oxygen atoms in total. The molecule has 1 aromatic carbocycles. The fourth-order valence-corrected chi connectivity index (χ4v) is 1.96. The maximum absolute atomic E-state index is 9.99. The number of rotatable bonds is 5. The van der Waals surface area contributed by atoms with Crippen LogP contribution in [-0.4, -0.2) is 11.7 Å². The van der Waals surface area contributed by atoms with E-state index in [9.17, 15) is 5.11 Å². The van der Waals surface area contributed by atoms with Crippen LogP contribution in [0.25, 0.3) is 0 Å². The Morgan fingerprint density at radius 3 is 2.32 bits per heavy atom. The Hall–Kier alpha value is -1.02. The zero-order valence-corrected chi connectivity index (χ0v) is 13.2. The van der Waals surface area contributed by atoms with Crippen molar-refractivity contribution in [1.82, 2.24) is 0 Å². The average Bonchev–Trinajstić information content (AvgIpc) is 2.34. The molecular formula is C17H28O2. The first-order valence-electron chi connectivity index (χ1n) is 7.21. The highest BCUT2D eigenvalue weighted by molar-refractivity contribution is 5.42. The Kier molecular flexibility index (Phi) is 5.42. The smallest absolute Gasteiger partial charge is 0.123 e. The van der Waals surface area contributed by atoms with Crippen LogP contribution in [0.15, 0.2) is 18.2 Å². The van der Waals surface area contributed by atoms with Crippen molar-refractivity contribution in [2.45, 2.75) is 59.5 Å². The van der Waals surface area contributed by atoms with Gasteiger partial charge in [-0.3, -0.25) is 0 Å². The van der Waals surface area contributed by atoms with Crippen LogP contribution in [0, 0.1) is 5.92 Å². The van der Waals surface area contributed by atoms with E-state index in [-0.39, 0.29) is 11.5 Å². The molecule has 2 heteroatoms. The molecule has 0 aliphatic heterocycles. The van der Waals surface area contributed by atoms with Gasteiger partial charge in [0.1, 0.15) is 5.75 Å². The lowest BCUT2D eigenvalue weighted by Crippen LogP contribution is -2.16. The predicted octanol–water partition coefficient (Wildman–Crippen LogP) is 4.46. The Morgan fingerprint density at radius 1 is 1.21 bits per heavy atom. The van der Waals surface area contributed by atoms with Crippen molar-refractivity contribution in [3.8, 4) is 5.75 Å². The summed E-state index contributed by atoms with van der Waals surface area (Å²) < 4.78 is 5.91. The molecule has 19 heavy (non-hydrogen) atoms. The lowest BCUT2D eigenvalue weighted by molar-refractivity contribution is 0.173. The number of aliphatic hydroxyl groups excluding tert-OH is 1. The van der Waals surface area contributed by atoms with Crippen LogP contribution in [0.1, 0.15) is 65.2 Å². The molecule has 0 aliphatic rings. The molecule has 0 aromatic heterocycles. The molecule has 1 unspecified atom stereocenters. The van der Waals surface area contributed by atoms with Gasteiger partial charge in [-0.2, -0.15) is 0 Å². The highest BCUT2D eigenvalue weighted by atomic mass is 16.5. The lowest BCUT2D eigenvalue weighted by atomic mass is 9.84. The van der Waals surface area contributed by atoms with E-state index in [1.165, 1.54) is 0 Å². The van der Waals surface area contributed by atoms with Crippen LogP contribution in [-0.2, 0) is 5.41 Å². The van der Waals surface area contributed by atoms with Crippen molar-refractivity contribution in [3.05, 3.63) is 29.3 Å². The van der Waals surface area contributed by atoms with Gasteiger partial charge in [0.15, 0.2) is 0 Å². The quantitative estimate of drug-likeness (QED) is 0.850. The average molecular weight is 264 g/mol. The van der Waals surface area contributed by atoms with Crippen LogP contribution in [0.3, 0.4) is 0 Å². The largest absolute Gasteiger partial charge is 0.493 e. The number of ether oxygens (including phenoxy) is 1. The van der Waals surface area contributed by atoms with Crippen molar-refractivity contribution < 1.29 is 9.84 Å². The van der Waals surface area contributed by atoms with Gasteiger partial charge in [-0.05, 0) is 41.0 Å². The molecular weight excluding hydrogens is 236 g/mol. The molecule has 0 saturated heterocycles. The Bertz CT molecular complexity index is 402. The van der Waals surface area contributed by atoms with Crippen molar-refractivity contribution in [3.63, 3.8) is 0 Å². The van der Waals surface area contributed by atoms with Crippen molar-refractivity contribution in [1.29, 1.82) is 0 Å². The van der Waals surface area contributed by atoms with Gasteiger partial charge in [0, 0.05) is 0 Å². The third kappa shape index (κ3) is 4.54. The normalized spacial score (nSPS) is 13.7. The third-order valence-electron chi connectivity index (χ3n) is 3.16. The summed E-state index contributed by atoms with van der Waals surface area (Å²) in [6.45, 7) is 13.5. The summed E-state index contributed by atoms with van der Waals surface area (Å²) in [4.78, 5) is 0. The summed E-state index contributed by atoms with van der Waals surface area (Å²) in [6, 6.07) is 6.06. The summed E-state index contributed by atoms with van der Waals surface area (Å²) in [7, 11) is 0. The van der Waals surface area contributed by atoms with Gasteiger partial charge in [-0.1, -0.05) is 47.6 Å². The zero-order valence-electron chi connectivity index (χ0n) is 13.2. The standard InChI is InChI=1S/C17H28O2/c1-7-15(18)13-8-9-16(19-11-12(2)3)14(10-13)17(4,5)6/h8-10,12,15,18H,7,11H2,1-6H3. The van der Waals surface area contributed by atoms with Gasteiger partial charge in [-0.25, -0.2) is 0 Å². The van der Waals surface area contributed by atoms with Crippen LogP contribution < -0.4 is 4.74 Å². The molecule has 0 amide bonds. The molecule has 1 rings (SSSR count). The second-order valence-corrected chi connectivity index (χ2v) is 6.63. The van der Waals surface area contributed by atoms with Crippen molar-refractivity contribution >= 4 is 0 Å². The second kappa shape index (κ2) is 6.42. The van der Waals surface area contributed by atoms with Gasteiger partial charge in [0.2, 0.25) is 0 Å². The second-order valence-electron chi connectivity index (χ2n) is 6.63. The summed E-state index contributed by atoms with van der Waals surface area (Å²) >= 11 is 0. The highest BCUT2D eigenvalue weighted by Crippen LogP contribution is 2.34. The van der Waals surface area contributed by atoms with E-state index in [1.807, 2.05) is 19.1 Å². The maximum atomic E-state index is 9.99. The lowest BCUT2D eigenvalue weighted by Gasteiger charge is -2.25. The molecule has 0 bridgehead atoms. The van der Waals surface area contributed by atoms with E-state index in [0.29, 0.717) is 5.92 Å². The van der Waals surface area contributed by atoms with Gasteiger partial charge in [-0.15, -0.1) is 0 Å². The molecule has 0 heterocycles. The fourth-order valence-electron chi connectivity index (χ4n) is 1.96. The minimum atomic E-state index is -0.389. The molecule has 1 N–H and O–H groups in total.